The van der Waals surface area contributed by atoms with Crippen molar-refractivity contribution in [3.05, 3.63) is 74.8 Å². The van der Waals surface area contributed by atoms with Gasteiger partial charge < -0.3 is 14.4 Å². The molecule has 132 valence electrons. The summed E-state index contributed by atoms with van der Waals surface area (Å²) in [6, 6.07) is 12.3. The number of anilines is 1. The van der Waals surface area contributed by atoms with Gasteiger partial charge in [0, 0.05) is 14.9 Å². The lowest BCUT2D eigenvalue weighted by molar-refractivity contribution is -0.136. The molecule has 1 aliphatic rings. The van der Waals surface area contributed by atoms with E-state index in [2.05, 4.69) is 15.9 Å². The molecule has 1 N–H and O–H groups in total. The number of hydrogen-bond donors (Lipinski definition) is 1. The number of thiophene rings is 1. The molecule has 1 amide bonds. The van der Waals surface area contributed by atoms with Gasteiger partial charge in [-0.3, -0.25) is 9.59 Å². The quantitative estimate of drug-likeness (QED) is 0.616. The second-order valence-corrected chi connectivity index (χ2v) is 8.02. The fraction of sp³-hybridized carbons (Fsp3) is 0.158. The molecule has 3 aromatic rings. The molecule has 0 spiro atoms. The summed E-state index contributed by atoms with van der Waals surface area (Å²) in [5.41, 5.74) is -0.880. The van der Waals surface area contributed by atoms with Gasteiger partial charge in [0.15, 0.2) is 11.4 Å². The maximum Gasteiger partial charge on any atom is 0.264 e. The number of hydrogen-bond acceptors (Lipinski definition) is 5. The Bertz CT molecular complexity index is 968. The van der Waals surface area contributed by atoms with Gasteiger partial charge in [0.1, 0.15) is 0 Å². The third kappa shape index (κ3) is 2.82. The summed E-state index contributed by atoms with van der Waals surface area (Å²) in [7, 11) is 0. The molecule has 1 atom stereocenters. The van der Waals surface area contributed by atoms with E-state index in [4.69, 9.17) is 4.42 Å². The molecule has 0 saturated carbocycles. The monoisotopic (exact) mass is 431 g/mol. The second kappa shape index (κ2) is 6.50. The zero-order valence-corrected chi connectivity index (χ0v) is 15.9. The van der Waals surface area contributed by atoms with E-state index in [9.17, 15) is 14.7 Å². The summed E-state index contributed by atoms with van der Waals surface area (Å²) in [6.45, 7) is 0.350. The first-order chi connectivity index (χ1) is 12.5. The normalized spacial score (nSPS) is 19.0. The number of rotatable bonds is 5. The van der Waals surface area contributed by atoms with Crippen LogP contribution in [0.4, 0.5) is 5.69 Å². The first-order valence-corrected chi connectivity index (χ1v) is 9.60. The van der Waals surface area contributed by atoms with E-state index >= 15 is 0 Å². The molecular weight excluding hydrogens is 418 g/mol. The van der Waals surface area contributed by atoms with E-state index < -0.39 is 17.3 Å². The van der Waals surface area contributed by atoms with Gasteiger partial charge in [0.2, 0.25) is 5.78 Å². The van der Waals surface area contributed by atoms with Gasteiger partial charge in [0.25, 0.3) is 5.91 Å². The van der Waals surface area contributed by atoms with Gasteiger partial charge in [-0.15, -0.1) is 11.3 Å². The van der Waals surface area contributed by atoms with Gasteiger partial charge in [-0.2, -0.15) is 0 Å². The predicted molar refractivity (Wildman–Crippen MR) is 101 cm³/mol. The largest absolute Gasteiger partial charge is 0.461 e. The molecule has 4 rings (SSSR count). The number of carbonyl (C=O) groups is 2. The Kier molecular flexibility index (Phi) is 4.30. The smallest absolute Gasteiger partial charge is 0.264 e. The summed E-state index contributed by atoms with van der Waals surface area (Å²) in [5.74, 6) is -0.798. The van der Waals surface area contributed by atoms with Crippen LogP contribution >= 0.6 is 27.3 Å². The van der Waals surface area contributed by atoms with E-state index in [-0.39, 0.29) is 12.2 Å². The minimum Gasteiger partial charge on any atom is -0.461 e. The fourth-order valence-electron chi connectivity index (χ4n) is 3.17. The molecular formula is C19H14BrNO4S. The van der Waals surface area contributed by atoms with Crippen molar-refractivity contribution in [1.29, 1.82) is 0 Å². The molecule has 1 aliphatic heterocycles. The molecule has 1 unspecified atom stereocenters. The fourth-order valence-corrected chi connectivity index (χ4v) is 4.22. The van der Waals surface area contributed by atoms with Crippen molar-refractivity contribution in [2.45, 2.75) is 18.6 Å². The third-order valence-corrected chi connectivity index (χ3v) is 5.75. The number of carbonyl (C=O) groups excluding carboxylic acids is 2. The first-order valence-electron chi connectivity index (χ1n) is 7.92. The SMILES string of the molecule is O=C(CC1(O)C(=O)N(Cc2cccs2)c2ccc(Br)cc21)c1ccco1. The van der Waals surface area contributed by atoms with E-state index in [1.54, 1.807) is 18.2 Å². The summed E-state index contributed by atoms with van der Waals surface area (Å²) < 4.78 is 5.84. The number of aliphatic hydroxyl groups is 1. The number of fused-ring (bicyclic) bond motifs is 1. The molecule has 0 fully saturated rings. The average molecular weight is 432 g/mol. The van der Waals surface area contributed by atoms with Crippen molar-refractivity contribution in [1.82, 2.24) is 0 Å². The number of halogens is 1. The Morgan fingerprint density at radius 1 is 1.27 bits per heavy atom. The lowest BCUT2D eigenvalue weighted by Crippen LogP contribution is -2.41. The van der Waals surface area contributed by atoms with Gasteiger partial charge >= 0.3 is 0 Å². The van der Waals surface area contributed by atoms with Gasteiger partial charge in [-0.05, 0) is 41.8 Å². The van der Waals surface area contributed by atoms with Crippen molar-refractivity contribution >= 4 is 44.6 Å². The lowest BCUT2D eigenvalue weighted by Gasteiger charge is -2.22. The maximum absolute atomic E-state index is 13.1. The Morgan fingerprint density at radius 3 is 2.81 bits per heavy atom. The Balaban J connectivity index is 1.74. The first kappa shape index (κ1) is 17.2. The standard InChI is InChI=1S/C19H14BrNO4S/c20-12-5-6-15-14(9-12)19(24,10-16(22)17-4-1-7-25-17)18(23)21(15)11-13-3-2-8-26-13/h1-9,24H,10-11H2. The van der Waals surface area contributed by atoms with Crippen LogP contribution in [0, 0.1) is 0 Å². The van der Waals surface area contributed by atoms with Gasteiger partial charge in [-0.25, -0.2) is 0 Å². The minimum absolute atomic E-state index is 0.125. The van der Waals surface area contributed by atoms with E-state index in [0.717, 1.165) is 9.35 Å². The predicted octanol–water partition coefficient (Wildman–Crippen LogP) is 4.11. The molecule has 0 radical (unpaired) electrons. The Morgan fingerprint density at radius 2 is 2.12 bits per heavy atom. The van der Waals surface area contributed by atoms with Crippen LogP contribution in [0.5, 0.6) is 0 Å². The van der Waals surface area contributed by atoms with Crippen molar-refractivity contribution in [2.24, 2.45) is 0 Å². The van der Waals surface area contributed by atoms with Crippen LogP contribution in [-0.2, 0) is 16.9 Å². The van der Waals surface area contributed by atoms with E-state index in [1.165, 1.54) is 28.6 Å². The average Bonchev–Trinajstić information content (AvgIpc) is 3.35. The molecule has 0 saturated heterocycles. The highest BCUT2D eigenvalue weighted by atomic mass is 79.9. The molecule has 3 heterocycles. The third-order valence-electron chi connectivity index (χ3n) is 4.40. The molecule has 5 nitrogen and oxygen atoms in total. The molecule has 26 heavy (non-hydrogen) atoms. The second-order valence-electron chi connectivity index (χ2n) is 6.07. The van der Waals surface area contributed by atoms with E-state index in [1.807, 2.05) is 23.6 Å². The topological polar surface area (TPSA) is 70.8 Å². The summed E-state index contributed by atoms with van der Waals surface area (Å²) in [5, 5.41) is 13.2. The van der Waals surface area contributed by atoms with Crippen LogP contribution in [0.1, 0.15) is 27.4 Å². The highest BCUT2D eigenvalue weighted by Gasteiger charge is 2.51. The maximum atomic E-state index is 13.1. The van der Waals surface area contributed by atoms with Gasteiger partial charge in [-0.1, -0.05) is 22.0 Å². The Labute approximate surface area is 162 Å². The number of benzene rings is 1. The number of amides is 1. The number of ketones is 1. The van der Waals surface area contributed by atoms with E-state index in [0.29, 0.717) is 17.8 Å². The summed E-state index contributed by atoms with van der Waals surface area (Å²) in [6.07, 6.45) is 1.02. The highest BCUT2D eigenvalue weighted by Crippen LogP contribution is 2.45. The Hall–Kier alpha value is -2.22. The molecule has 2 aromatic heterocycles. The molecule has 0 aliphatic carbocycles. The van der Waals surface area contributed by atoms with Crippen LogP contribution in [0.15, 0.2) is 63.0 Å². The van der Waals surface area contributed by atoms with Crippen molar-refractivity contribution < 1.29 is 19.1 Å². The lowest BCUT2D eigenvalue weighted by atomic mass is 9.89. The van der Waals surface area contributed by atoms with Crippen LogP contribution < -0.4 is 4.90 Å². The van der Waals surface area contributed by atoms with Crippen LogP contribution in [0.25, 0.3) is 0 Å². The van der Waals surface area contributed by atoms with Gasteiger partial charge in [0.05, 0.1) is 24.9 Å². The number of nitrogens with zero attached hydrogens (tertiary/aromatic N) is 1. The highest BCUT2D eigenvalue weighted by molar-refractivity contribution is 9.10. The summed E-state index contributed by atoms with van der Waals surface area (Å²) in [4.78, 5) is 28.1. The van der Waals surface area contributed by atoms with Crippen LogP contribution in [-0.4, -0.2) is 16.8 Å². The van der Waals surface area contributed by atoms with Crippen molar-refractivity contribution in [3.8, 4) is 0 Å². The summed E-state index contributed by atoms with van der Waals surface area (Å²) >= 11 is 4.91. The minimum atomic E-state index is -1.92. The number of furan rings is 1. The van der Waals surface area contributed by atoms with Crippen molar-refractivity contribution in [3.63, 3.8) is 0 Å². The zero-order chi connectivity index (χ0) is 18.3. The molecule has 0 bridgehead atoms. The van der Waals surface area contributed by atoms with Crippen molar-refractivity contribution in [2.75, 3.05) is 4.90 Å². The number of Topliss-reactive ketones (excluding diaryl/α,β-unsaturated/α-hetero) is 1. The van der Waals surface area contributed by atoms with Crippen LogP contribution in [0.3, 0.4) is 0 Å². The zero-order valence-electron chi connectivity index (χ0n) is 13.5. The molecule has 1 aromatic carbocycles. The molecule has 7 heteroatoms. The van der Waals surface area contributed by atoms with Crippen LogP contribution in [0.2, 0.25) is 0 Å².